The van der Waals surface area contributed by atoms with E-state index in [1.54, 1.807) is 30.0 Å². The molecular weight excluding hydrogens is 420 g/mol. The topological polar surface area (TPSA) is 29.1 Å². The largest absolute Gasteiger partial charge is 0.355 e. The fraction of sp³-hybridized carbons (Fsp3) is 0.278. The summed E-state index contributed by atoms with van der Waals surface area (Å²) in [5, 5.41) is 5.08. The van der Waals surface area contributed by atoms with Crippen LogP contribution in [0.3, 0.4) is 0 Å². The van der Waals surface area contributed by atoms with E-state index in [1.807, 2.05) is 18.2 Å². The summed E-state index contributed by atoms with van der Waals surface area (Å²) in [5.74, 6) is 1.69. The first kappa shape index (κ1) is 20.7. The maximum absolute atomic E-state index is 11.9. The van der Waals surface area contributed by atoms with E-state index < -0.39 is 0 Å². The molecule has 2 nitrogen and oxygen atoms in total. The molecule has 0 aliphatic rings. The Hall–Kier alpha value is -0.580. The molecule has 2 aromatic carbocycles. The number of hydrogen-bond donors (Lipinski definition) is 1. The number of carbonyl (C=O) groups is 1. The lowest BCUT2D eigenvalue weighted by molar-refractivity contribution is -0.120. The van der Waals surface area contributed by atoms with Gasteiger partial charge in [-0.15, -0.1) is 0 Å². The van der Waals surface area contributed by atoms with Crippen molar-refractivity contribution in [3.8, 4) is 0 Å². The van der Waals surface area contributed by atoms with E-state index in [0.717, 1.165) is 22.6 Å². The van der Waals surface area contributed by atoms with Crippen LogP contribution in [0.25, 0.3) is 0 Å². The molecule has 0 fully saturated rings. The summed E-state index contributed by atoms with van der Waals surface area (Å²) in [7, 11) is 0. The Bertz CT molecular complexity index is 739. The molecule has 0 aromatic heterocycles. The van der Waals surface area contributed by atoms with Gasteiger partial charge in [0, 0.05) is 24.5 Å². The van der Waals surface area contributed by atoms with Crippen molar-refractivity contribution in [1.29, 1.82) is 0 Å². The standard InChI is InChI=1S/C18H17Cl4NOS/c19-14-4-1-12(9-16(14)21)3-6-18(24)23-7-8-25-11-13-2-5-15(20)17(22)10-13/h1-2,4-5,9-10H,3,6-8,11H2,(H,23,24). The van der Waals surface area contributed by atoms with Gasteiger partial charge in [-0.25, -0.2) is 0 Å². The van der Waals surface area contributed by atoms with Gasteiger partial charge in [0.25, 0.3) is 0 Å². The average Bonchev–Trinajstić information content (AvgIpc) is 2.58. The second-order valence-electron chi connectivity index (χ2n) is 5.40. The van der Waals surface area contributed by atoms with Gasteiger partial charge in [-0.05, 0) is 41.8 Å². The normalized spacial score (nSPS) is 10.7. The van der Waals surface area contributed by atoms with Crippen LogP contribution in [0.15, 0.2) is 36.4 Å². The van der Waals surface area contributed by atoms with E-state index >= 15 is 0 Å². The summed E-state index contributed by atoms with van der Waals surface area (Å²) < 4.78 is 0. The van der Waals surface area contributed by atoms with E-state index in [0.29, 0.717) is 39.5 Å². The van der Waals surface area contributed by atoms with E-state index in [-0.39, 0.29) is 5.91 Å². The van der Waals surface area contributed by atoms with Gasteiger partial charge in [0.2, 0.25) is 5.91 Å². The SMILES string of the molecule is O=C(CCc1ccc(Cl)c(Cl)c1)NCCSCc1ccc(Cl)c(Cl)c1. The molecule has 1 N–H and O–H groups in total. The summed E-state index contributed by atoms with van der Waals surface area (Å²) >= 11 is 25.4. The van der Waals surface area contributed by atoms with Crippen molar-refractivity contribution in [3.63, 3.8) is 0 Å². The molecule has 0 radical (unpaired) electrons. The van der Waals surface area contributed by atoms with Crippen LogP contribution in [-0.4, -0.2) is 18.2 Å². The number of benzene rings is 2. The van der Waals surface area contributed by atoms with Gasteiger partial charge in [0.15, 0.2) is 0 Å². The molecule has 2 aromatic rings. The average molecular weight is 437 g/mol. The Morgan fingerprint density at radius 2 is 1.48 bits per heavy atom. The Kier molecular flexibility index (Phi) is 8.74. The molecule has 0 heterocycles. The molecule has 2 rings (SSSR count). The lowest BCUT2D eigenvalue weighted by Gasteiger charge is -2.07. The fourth-order valence-corrected chi connectivity index (χ4v) is 3.57. The Labute approximate surface area is 172 Å². The molecule has 0 aliphatic carbocycles. The minimum absolute atomic E-state index is 0.0289. The van der Waals surface area contributed by atoms with Gasteiger partial charge in [-0.2, -0.15) is 11.8 Å². The number of hydrogen-bond acceptors (Lipinski definition) is 2. The number of halogens is 4. The highest BCUT2D eigenvalue weighted by Crippen LogP contribution is 2.25. The van der Waals surface area contributed by atoms with Gasteiger partial charge < -0.3 is 5.32 Å². The maximum atomic E-state index is 11.9. The molecule has 0 spiro atoms. The molecule has 7 heteroatoms. The summed E-state index contributed by atoms with van der Waals surface area (Å²) in [6.45, 7) is 0.631. The van der Waals surface area contributed by atoms with Crippen LogP contribution < -0.4 is 5.32 Å². The minimum Gasteiger partial charge on any atom is -0.355 e. The number of amides is 1. The van der Waals surface area contributed by atoms with Crippen LogP contribution in [-0.2, 0) is 17.0 Å². The molecule has 1 amide bonds. The van der Waals surface area contributed by atoms with Crippen molar-refractivity contribution in [3.05, 3.63) is 67.6 Å². The third-order valence-corrected chi connectivity index (χ3v) is 5.95. The highest BCUT2D eigenvalue weighted by Gasteiger charge is 2.05. The highest BCUT2D eigenvalue weighted by molar-refractivity contribution is 7.98. The Morgan fingerprint density at radius 3 is 2.12 bits per heavy atom. The van der Waals surface area contributed by atoms with Gasteiger partial charge in [-0.3, -0.25) is 4.79 Å². The third-order valence-electron chi connectivity index (χ3n) is 3.45. The summed E-state index contributed by atoms with van der Waals surface area (Å²) in [6, 6.07) is 11.0. The lowest BCUT2D eigenvalue weighted by atomic mass is 10.1. The first-order chi connectivity index (χ1) is 12.0. The van der Waals surface area contributed by atoms with Crippen LogP contribution in [0, 0.1) is 0 Å². The first-order valence-corrected chi connectivity index (χ1v) is 10.3. The van der Waals surface area contributed by atoms with E-state index in [9.17, 15) is 4.79 Å². The van der Waals surface area contributed by atoms with Crippen LogP contribution in [0.2, 0.25) is 20.1 Å². The fourth-order valence-electron chi connectivity index (χ4n) is 2.12. The van der Waals surface area contributed by atoms with Crippen LogP contribution in [0.5, 0.6) is 0 Å². The molecule has 0 atom stereocenters. The molecule has 0 saturated heterocycles. The van der Waals surface area contributed by atoms with E-state index in [1.165, 1.54) is 0 Å². The van der Waals surface area contributed by atoms with E-state index in [4.69, 9.17) is 46.4 Å². The van der Waals surface area contributed by atoms with Gasteiger partial charge >= 0.3 is 0 Å². The third kappa shape index (κ3) is 7.28. The molecule has 134 valence electrons. The highest BCUT2D eigenvalue weighted by atomic mass is 35.5. The molecule has 0 bridgehead atoms. The number of aryl methyl sites for hydroxylation is 1. The first-order valence-electron chi connectivity index (χ1n) is 7.68. The number of rotatable bonds is 8. The van der Waals surface area contributed by atoms with Crippen molar-refractivity contribution < 1.29 is 4.79 Å². The lowest BCUT2D eigenvalue weighted by Crippen LogP contribution is -2.25. The van der Waals surface area contributed by atoms with Crippen molar-refractivity contribution in [2.75, 3.05) is 12.3 Å². The predicted octanol–water partition coefficient (Wildman–Crippen LogP) is 6.28. The second kappa shape index (κ2) is 10.5. The van der Waals surface area contributed by atoms with Crippen LogP contribution in [0.1, 0.15) is 17.5 Å². The predicted molar refractivity (Wildman–Crippen MR) is 110 cm³/mol. The summed E-state index contributed by atoms with van der Waals surface area (Å²) in [5.41, 5.74) is 2.11. The number of thioether (sulfide) groups is 1. The number of carbonyl (C=O) groups excluding carboxylic acids is 1. The number of nitrogens with one attached hydrogen (secondary N) is 1. The Balaban J connectivity index is 1.61. The van der Waals surface area contributed by atoms with E-state index in [2.05, 4.69) is 5.32 Å². The molecule has 0 unspecified atom stereocenters. The minimum atomic E-state index is 0.0289. The van der Waals surface area contributed by atoms with Crippen molar-refractivity contribution in [2.45, 2.75) is 18.6 Å². The van der Waals surface area contributed by atoms with Gasteiger partial charge in [-0.1, -0.05) is 58.5 Å². The smallest absolute Gasteiger partial charge is 0.220 e. The zero-order valence-corrected chi connectivity index (χ0v) is 17.2. The molecule has 25 heavy (non-hydrogen) atoms. The van der Waals surface area contributed by atoms with Crippen molar-refractivity contribution >= 4 is 64.1 Å². The van der Waals surface area contributed by atoms with Gasteiger partial charge in [0.05, 0.1) is 20.1 Å². The zero-order chi connectivity index (χ0) is 18.2. The summed E-state index contributed by atoms with van der Waals surface area (Å²) in [4.78, 5) is 11.9. The van der Waals surface area contributed by atoms with Crippen LogP contribution in [0.4, 0.5) is 0 Å². The molecular formula is C18H17Cl4NOS. The summed E-state index contributed by atoms with van der Waals surface area (Å²) in [6.07, 6.45) is 1.06. The Morgan fingerprint density at radius 1 is 0.880 bits per heavy atom. The monoisotopic (exact) mass is 435 g/mol. The maximum Gasteiger partial charge on any atom is 0.220 e. The molecule has 0 saturated carbocycles. The zero-order valence-electron chi connectivity index (χ0n) is 13.3. The second-order valence-corrected chi connectivity index (χ2v) is 8.13. The van der Waals surface area contributed by atoms with Crippen LogP contribution >= 0.6 is 58.2 Å². The quantitative estimate of drug-likeness (QED) is 0.493. The van der Waals surface area contributed by atoms with Crippen molar-refractivity contribution in [1.82, 2.24) is 5.32 Å². The molecule has 0 aliphatic heterocycles. The van der Waals surface area contributed by atoms with Gasteiger partial charge in [0.1, 0.15) is 0 Å². The van der Waals surface area contributed by atoms with Crippen molar-refractivity contribution in [2.24, 2.45) is 0 Å².